The second kappa shape index (κ2) is 5.97. The molecule has 0 aliphatic carbocycles. The van der Waals surface area contributed by atoms with E-state index in [0.29, 0.717) is 0 Å². The van der Waals surface area contributed by atoms with Crippen LogP contribution in [0.4, 0.5) is 0 Å². The van der Waals surface area contributed by atoms with E-state index in [4.69, 9.17) is 0 Å². The molecule has 1 aromatic rings. The van der Waals surface area contributed by atoms with Gasteiger partial charge in [0.1, 0.15) is 0 Å². The minimum absolute atomic E-state index is 0. The molecular weight excluding hydrogens is 175 g/mol. The van der Waals surface area contributed by atoms with E-state index in [-0.39, 0.29) is 26.9 Å². The molecule has 0 spiro atoms. The summed E-state index contributed by atoms with van der Waals surface area (Å²) in [6.45, 7) is 0. The van der Waals surface area contributed by atoms with Crippen molar-refractivity contribution in [2.45, 2.75) is 0 Å². The Morgan fingerprint density at radius 3 is 1.57 bits per heavy atom. The van der Waals surface area contributed by atoms with E-state index in [2.05, 4.69) is 0 Å². The maximum absolute atomic E-state index is 2.00. The predicted octanol–water partition coefficient (Wildman–Crippen LogP) is 1.85. The summed E-state index contributed by atoms with van der Waals surface area (Å²) in [4.78, 5) is 0. The molecule has 1 heteroatoms. The predicted molar refractivity (Wildman–Crippen MR) is 28.4 cm³/mol. The molecule has 1 rings (SSSR count). The first-order chi connectivity index (χ1) is 2.50. The van der Waals surface area contributed by atoms with Crippen molar-refractivity contribution < 1.29 is 19.5 Å². The standard InChI is InChI=1S/C5H5.CH3.Rh/c1-2-4-5-3-1;;/h1-5H;1H3;/q2*-1;+3. The van der Waals surface area contributed by atoms with E-state index >= 15 is 0 Å². The fourth-order valence-corrected chi connectivity index (χ4v) is 0.321. The molecule has 0 bridgehead atoms. The van der Waals surface area contributed by atoms with Crippen LogP contribution < -0.4 is 0 Å². The van der Waals surface area contributed by atoms with Gasteiger partial charge in [0, 0.05) is 0 Å². The van der Waals surface area contributed by atoms with Crippen LogP contribution in [-0.4, -0.2) is 0 Å². The number of rotatable bonds is 0. The third-order valence-corrected chi connectivity index (χ3v) is 0.556. The number of hydrogen-bond donors (Lipinski definition) is 0. The Labute approximate surface area is 57.7 Å². The maximum atomic E-state index is 2.00. The van der Waals surface area contributed by atoms with E-state index in [1.807, 2.05) is 30.3 Å². The molecular formula is C6H8Rh+. The van der Waals surface area contributed by atoms with Crippen LogP contribution in [0.2, 0.25) is 0 Å². The van der Waals surface area contributed by atoms with Gasteiger partial charge in [-0.2, -0.15) is 18.2 Å². The van der Waals surface area contributed by atoms with Crippen molar-refractivity contribution in [2.24, 2.45) is 0 Å². The molecule has 0 aliphatic rings. The molecule has 40 valence electrons. The first kappa shape index (κ1) is 10.1. The van der Waals surface area contributed by atoms with Gasteiger partial charge in [-0.05, 0) is 0 Å². The van der Waals surface area contributed by atoms with Gasteiger partial charge in [0.25, 0.3) is 0 Å². The van der Waals surface area contributed by atoms with Crippen molar-refractivity contribution in [2.75, 3.05) is 0 Å². The van der Waals surface area contributed by atoms with Crippen molar-refractivity contribution in [3.8, 4) is 0 Å². The topological polar surface area (TPSA) is 0 Å². The van der Waals surface area contributed by atoms with Crippen LogP contribution in [0.25, 0.3) is 0 Å². The first-order valence-corrected chi connectivity index (χ1v) is 1.67. The average Bonchev–Trinajstić information content (AvgIpc) is 1.76. The first-order valence-electron chi connectivity index (χ1n) is 1.67. The Hall–Kier alpha value is -0.0266. The van der Waals surface area contributed by atoms with Gasteiger partial charge >= 0.3 is 19.5 Å². The van der Waals surface area contributed by atoms with Crippen LogP contribution in [0.1, 0.15) is 0 Å². The molecule has 0 radical (unpaired) electrons. The Morgan fingerprint density at radius 1 is 1.00 bits per heavy atom. The van der Waals surface area contributed by atoms with Gasteiger partial charge in [-0.15, -0.1) is 0 Å². The second-order valence-electron chi connectivity index (χ2n) is 0.962. The maximum Gasteiger partial charge on any atom is 3.00 e. The van der Waals surface area contributed by atoms with Gasteiger partial charge in [0.05, 0.1) is 0 Å². The Bertz CT molecular complexity index is 60.7. The largest absolute Gasteiger partial charge is 3.00 e. The fraction of sp³-hybridized carbons (Fsp3) is 0. The Kier molecular flexibility index (Phi) is 8.58. The molecule has 1 aromatic carbocycles. The summed E-state index contributed by atoms with van der Waals surface area (Å²) in [5.74, 6) is 0. The monoisotopic (exact) mass is 183 g/mol. The summed E-state index contributed by atoms with van der Waals surface area (Å²) in [5, 5.41) is 0. The number of hydrogen-bond acceptors (Lipinski definition) is 0. The quantitative estimate of drug-likeness (QED) is 0.425. The van der Waals surface area contributed by atoms with Gasteiger partial charge < -0.3 is 7.43 Å². The molecule has 7 heavy (non-hydrogen) atoms. The van der Waals surface area contributed by atoms with Crippen molar-refractivity contribution in [1.82, 2.24) is 0 Å². The molecule has 0 heterocycles. The average molecular weight is 183 g/mol. The zero-order valence-electron chi connectivity index (χ0n) is 4.22. The summed E-state index contributed by atoms with van der Waals surface area (Å²) in [7, 11) is 0. The van der Waals surface area contributed by atoms with Crippen LogP contribution in [0, 0.1) is 7.43 Å². The summed E-state index contributed by atoms with van der Waals surface area (Å²) < 4.78 is 0. The van der Waals surface area contributed by atoms with E-state index < -0.39 is 0 Å². The minimum atomic E-state index is 0. The van der Waals surface area contributed by atoms with Gasteiger partial charge in [-0.3, -0.25) is 0 Å². The molecule has 0 N–H and O–H groups in total. The van der Waals surface area contributed by atoms with E-state index in [1.165, 1.54) is 0 Å². The molecule has 0 fully saturated rings. The van der Waals surface area contributed by atoms with Gasteiger partial charge in [-0.25, -0.2) is 12.1 Å². The van der Waals surface area contributed by atoms with Crippen molar-refractivity contribution in [1.29, 1.82) is 0 Å². The molecule has 0 saturated heterocycles. The zero-order valence-corrected chi connectivity index (χ0v) is 5.86. The third kappa shape index (κ3) is 3.81. The minimum Gasteiger partial charge on any atom is -0.358 e. The van der Waals surface area contributed by atoms with Gasteiger partial charge in [0.2, 0.25) is 0 Å². The molecule has 0 unspecified atom stereocenters. The smallest absolute Gasteiger partial charge is 0.358 e. The zero-order chi connectivity index (χ0) is 3.54. The van der Waals surface area contributed by atoms with Crippen molar-refractivity contribution in [3.05, 3.63) is 37.8 Å². The molecule has 0 aromatic heterocycles. The van der Waals surface area contributed by atoms with Gasteiger partial charge in [-0.1, -0.05) is 0 Å². The van der Waals surface area contributed by atoms with Gasteiger partial charge in [0.15, 0.2) is 0 Å². The summed E-state index contributed by atoms with van der Waals surface area (Å²) >= 11 is 0. The van der Waals surface area contributed by atoms with Crippen LogP contribution in [0.5, 0.6) is 0 Å². The molecule has 0 aliphatic heterocycles. The van der Waals surface area contributed by atoms with Crippen molar-refractivity contribution in [3.63, 3.8) is 0 Å². The summed E-state index contributed by atoms with van der Waals surface area (Å²) in [5.41, 5.74) is 0. The van der Waals surface area contributed by atoms with Crippen molar-refractivity contribution >= 4 is 0 Å². The molecule has 0 nitrogen and oxygen atoms in total. The van der Waals surface area contributed by atoms with E-state index in [0.717, 1.165) is 0 Å². The summed E-state index contributed by atoms with van der Waals surface area (Å²) in [6, 6.07) is 10.0. The third-order valence-electron chi connectivity index (χ3n) is 0.556. The molecule has 0 saturated carbocycles. The van der Waals surface area contributed by atoms with Crippen LogP contribution in [-0.2, 0) is 19.5 Å². The molecule has 0 atom stereocenters. The van der Waals surface area contributed by atoms with E-state index in [1.54, 1.807) is 0 Å². The van der Waals surface area contributed by atoms with E-state index in [9.17, 15) is 0 Å². The van der Waals surface area contributed by atoms with Crippen LogP contribution in [0.3, 0.4) is 0 Å². The Morgan fingerprint density at radius 2 is 1.43 bits per heavy atom. The Balaban J connectivity index is 0. The second-order valence-corrected chi connectivity index (χ2v) is 0.962. The normalized spacial score (nSPS) is 5.71. The molecule has 0 amide bonds. The fourth-order valence-electron chi connectivity index (χ4n) is 0.321. The van der Waals surface area contributed by atoms with Crippen LogP contribution in [0.15, 0.2) is 30.3 Å². The summed E-state index contributed by atoms with van der Waals surface area (Å²) in [6.07, 6.45) is 0. The van der Waals surface area contributed by atoms with Crippen LogP contribution >= 0.6 is 0 Å². The SMILES string of the molecule is [CH3-].[Rh+3].c1cc[cH-]c1.